The molecule has 16 heavy (non-hydrogen) atoms. The molecule has 1 unspecified atom stereocenters. The molecule has 0 saturated carbocycles. The van der Waals surface area contributed by atoms with Crippen LogP contribution in [0.25, 0.3) is 11.0 Å². The molecule has 1 heterocycles. The fourth-order valence-corrected chi connectivity index (χ4v) is 1.87. The van der Waals surface area contributed by atoms with Crippen molar-refractivity contribution in [3.8, 4) is 0 Å². The summed E-state index contributed by atoms with van der Waals surface area (Å²) in [7, 11) is 1.72. The van der Waals surface area contributed by atoms with Gasteiger partial charge in [0.15, 0.2) is 0 Å². The van der Waals surface area contributed by atoms with E-state index in [1.54, 1.807) is 7.11 Å². The van der Waals surface area contributed by atoms with Crippen LogP contribution in [0.1, 0.15) is 13.3 Å². The molecule has 2 aromatic rings. The van der Waals surface area contributed by atoms with Crippen molar-refractivity contribution in [1.29, 1.82) is 0 Å². The Morgan fingerprint density at radius 1 is 1.50 bits per heavy atom. The van der Waals surface area contributed by atoms with Crippen molar-refractivity contribution < 1.29 is 4.74 Å². The zero-order valence-electron chi connectivity index (χ0n) is 9.35. The first-order chi connectivity index (χ1) is 7.70. The Balaban J connectivity index is 2.21. The molecule has 5 heteroatoms. The Kier molecular flexibility index (Phi) is 3.56. The van der Waals surface area contributed by atoms with Crippen LogP contribution in [0.2, 0.25) is 0 Å². The number of halogens is 1. The predicted molar refractivity (Wildman–Crippen MR) is 66.3 cm³/mol. The molecule has 0 fully saturated rings. The van der Waals surface area contributed by atoms with Crippen molar-refractivity contribution in [1.82, 2.24) is 15.0 Å². The van der Waals surface area contributed by atoms with E-state index < -0.39 is 0 Å². The van der Waals surface area contributed by atoms with Gasteiger partial charge in [0.25, 0.3) is 0 Å². The van der Waals surface area contributed by atoms with Gasteiger partial charge in [-0.3, -0.25) is 0 Å². The number of aromatic nitrogens is 3. The summed E-state index contributed by atoms with van der Waals surface area (Å²) in [5, 5.41) is 8.25. The first-order valence-electron chi connectivity index (χ1n) is 5.22. The highest BCUT2D eigenvalue weighted by Crippen LogP contribution is 2.18. The van der Waals surface area contributed by atoms with E-state index in [0.717, 1.165) is 28.5 Å². The number of rotatable bonds is 4. The average Bonchev–Trinajstić information content (AvgIpc) is 2.68. The summed E-state index contributed by atoms with van der Waals surface area (Å²) in [6.45, 7) is 2.87. The standard InChI is InChI=1S/C11H14BrN3O/c1-8(16-2)5-6-15-11-7-9(12)3-4-10(11)13-14-15/h3-4,7-8H,5-6H2,1-2H3. The van der Waals surface area contributed by atoms with Crippen LogP contribution >= 0.6 is 15.9 Å². The van der Waals surface area contributed by atoms with E-state index in [1.165, 1.54) is 0 Å². The molecule has 1 aromatic heterocycles. The minimum absolute atomic E-state index is 0.242. The molecule has 0 amide bonds. The molecule has 0 radical (unpaired) electrons. The SMILES string of the molecule is COC(C)CCn1nnc2ccc(Br)cc21. The van der Waals surface area contributed by atoms with Crippen LogP contribution in [0.15, 0.2) is 22.7 Å². The maximum absolute atomic E-state index is 5.21. The Labute approximate surface area is 103 Å². The van der Waals surface area contributed by atoms with Crippen LogP contribution in [0.5, 0.6) is 0 Å². The lowest BCUT2D eigenvalue weighted by molar-refractivity contribution is 0.106. The normalized spacial score (nSPS) is 13.2. The van der Waals surface area contributed by atoms with Gasteiger partial charge in [-0.05, 0) is 31.5 Å². The van der Waals surface area contributed by atoms with E-state index >= 15 is 0 Å². The summed E-state index contributed by atoms with van der Waals surface area (Å²) < 4.78 is 8.17. The van der Waals surface area contributed by atoms with Gasteiger partial charge in [-0.1, -0.05) is 21.1 Å². The summed E-state index contributed by atoms with van der Waals surface area (Å²) >= 11 is 3.45. The van der Waals surface area contributed by atoms with E-state index in [9.17, 15) is 0 Å². The molecule has 2 rings (SSSR count). The molecule has 0 aliphatic rings. The Bertz CT molecular complexity index is 483. The van der Waals surface area contributed by atoms with Crippen LogP contribution in [-0.4, -0.2) is 28.2 Å². The third kappa shape index (κ3) is 2.41. The summed E-state index contributed by atoms with van der Waals surface area (Å²) in [6, 6.07) is 5.97. The molecular formula is C11H14BrN3O. The Hall–Kier alpha value is -0.940. The quantitative estimate of drug-likeness (QED) is 0.866. The number of nitrogens with zero attached hydrogens (tertiary/aromatic N) is 3. The summed E-state index contributed by atoms with van der Waals surface area (Å²) in [6.07, 6.45) is 1.17. The van der Waals surface area contributed by atoms with Crippen LogP contribution in [-0.2, 0) is 11.3 Å². The Morgan fingerprint density at radius 2 is 2.31 bits per heavy atom. The average molecular weight is 284 g/mol. The maximum Gasteiger partial charge on any atom is 0.113 e. The second-order valence-corrected chi connectivity index (χ2v) is 4.70. The van der Waals surface area contributed by atoms with Gasteiger partial charge in [-0.15, -0.1) is 5.10 Å². The van der Waals surface area contributed by atoms with Crippen molar-refractivity contribution in [2.45, 2.75) is 26.0 Å². The molecule has 86 valence electrons. The fourth-order valence-electron chi connectivity index (χ4n) is 1.53. The second kappa shape index (κ2) is 4.93. The molecule has 0 N–H and O–H groups in total. The van der Waals surface area contributed by atoms with Crippen LogP contribution in [0, 0.1) is 0 Å². The number of ether oxygens (including phenoxy) is 1. The third-order valence-corrected chi connectivity index (χ3v) is 3.12. The molecule has 0 bridgehead atoms. The van der Waals surface area contributed by atoms with E-state index in [1.807, 2.05) is 22.9 Å². The van der Waals surface area contributed by atoms with Crippen LogP contribution < -0.4 is 0 Å². The van der Waals surface area contributed by atoms with E-state index in [0.29, 0.717) is 0 Å². The van der Waals surface area contributed by atoms with Crippen molar-refractivity contribution >= 4 is 27.0 Å². The van der Waals surface area contributed by atoms with Crippen molar-refractivity contribution in [2.24, 2.45) is 0 Å². The van der Waals surface area contributed by atoms with Gasteiger partial charge < -0.3 is 4.74 Å². The van der Waals surface area contributed by atoms with Gasteiger partial charge in [-0.2, -0.15) is 0 Å². The second-order valence-electron chi connectivity index (χ2n) is 3.78. The topological polar surface area (TPSA) is 39.9 Å². The van der Waals surface area contributed by atoms with Gasteiger partial charge in [0, 0.05) is 18.1 Å². The molecule has 4 nitrogen and oxygen atoms in total. The molecule has 0 spiro atoms. The smallest absolute Gasteiger partial charge is 0.113 e. The molecular weight excluding hydrogens is 270 g/mol. The zero-order chi connectivity index (χ0) is 11.5. The number of methoxy groups -OCH3 is 1. The molecule has 0 aliphatic carbocycles. The van der Waals surface area contributed by atoms with Gasteiger partial charge in [0.05, 0.1) is 11.6 Å². The third-order valence-electron chi connectivity index (χ3n) is 2.63. The first-order valence-corrected chi connectivity index (χ1v) is 6.01. The number of aryl methyl sites for hydroxylation is 1. The lowest BCUT2D eigenvalue weighted by atomic mass is 10.2. The summed E-state index contributed by atoms with van der Waals surface area (Å²) in [5.41, 5.74) is 1.98. The van der Waals surface area contributed by atoms with Crippen molar-refractivity contribution in [3.05, 3.63) is 22.7 Å². The van der Waals surface area contributed by atoms with E-state index in [-0.39, 0.29) is 6.10 Å². The van der Waals surface area contributed by atoms with Crippen LogP contribution in [0.4, 0.5) is 0 Å². The lowest BCUT2D eigenvalue weighted by Crippen LogP contribution is -2.10. The molecule has 1 atom stereocenters. The minimum atomic E-state index is 0.242. The highest BCUT2D eigenvalue weighted by atomic mass is 79.9. The van der Waals surface area contributed by atoms with E-state index in [2.05, 4.69) is 33.2 Å². The van der Waals surface area contributed by atoms with E-state index in [4.69, 9.17) is 4.74 Å². The lowest BCUT2D eigenvalue weighted by Gasteiger charge is -2.08. The number of fused-ring (bicyclic) bond motifs is 1. The molecule has 0 aliphatic heterocycles. The first kappa shape index (κ1) is 11.5. The Morgan fingerprint density at radius 3 is 3.06 bits per heavy atom. The largest absolute Gasteiger partial charge is 0.382 e. The molecule has 0 saturated heterocycles. The van der Waals surface area contributed by atoms with Crippen molar-refractivity contribution in [2.75, 3.05) is 7.11 Å². The summed E-state index contributed by atoms with van der Waals surface area (Å²) in [5.74, 6) is 0. The minimum Gasteiger partial charge on any atom is -0.382 e. The van der Waals surface area contributed by atoms with Crippen LogP contribution in [0.3, 0.4) is 0 Å². The maximum atomic E-state index is 5.21. The number of hydrogen-bond donors (Lipinski definition) is 0. The summed E-state index contributed by atoms with van der Waals surface area (Å²) in [4.78, 5) is 0. The highest BCUT2D eigenvalue weighted by molar-refractivity contribution is 9.10. The number of hydrogen-bond acceptors (Lipinski definition) is 3. The van der Waals surface area contributed by atoms with Gasteiger partial charge in [0.2, 0.25) is 0 Å². The van der Waals surface area contributed by atoms with Gasteiger partial charge in [-0.25, -0.2) is 4.68 Å². The highest BCUT2D eigenvalue weighted by Gasteiger charge is 2.06. The zero-order valence-corrected chi connectivity index (χ0v) is 10.9. The van der Waals surface area contributed by atoms with Crippen molar-refractivity contribution in [3.63, 3.8) is 0 Å². The fraction of sp³-hybridized carbons (Fsp3) is 0.455. The molecule has 1 aromatic carbocycles. The monoisotopic (exact) mass is 283 g/mol. The number of benzene rings is 1. The van der Waals surface area contributed by atoms with Gasteiger partial charge >= 0.3 is 0 Å². The van der Waals surface area contributed by atoms with Gasteiger partial charge in [0.1, 0.15) is 5.52 Å². The predicted octanol–water partition coefficient (Wildman–Crippen LogP) is 2.62.